The molecule has 1 aromatic heterocycles. The van der Waals surface area contributed by atoms with Crippen molar-refractivity contribution < 1.29 is 0 Å². The molecule has 0 atom stereocenters. The second-order valence-corrected chi connectivity index (χ2v) is 5.16. The molecule has 0 aliphatic carbocycles. The molecule has 0 bridgehead atoms. The SMILES string of the molecule is Cc1cnc(Nc2cccc(N(C)C)c2)nc1N(C)C. The Kier molecular flexibility index (Phi) is 4.08. The first-order valence-corrected chi connectivity index (χ1v) is 6.53. The molecule has 0 aliphatic heterocycles. The van der Waals surface area contributed by atoms with Crippen molar-refractivity contribution in [3.05, 3.63) is 36.0 Å². The third-order valence-electron chi connectivity index (χ3n) is 2.99. The van der Waals surface area contributed by atoms with Gasteiger partial charge in [0.1, 0.15) is 5.82 Å². The lowest BCUT2D eigenvalue weighted by atomic mass is 10.2. The van der Waals surface area contributed by atoms with Crippen molar-refractivity contribution in [1.29, 1.82) is 0 Å². The smallest absolute Gasteiger partial charge is 0.229 e. The number of nitrogens with zero attached hydrogens (tertiary/aromatic N) is 4. The molecule has 0 aliphatic rings. The van der Waals surface area contributed by atoms with Gasteiger partial charge in [-0.05, 0) is 25.1 Å². The zero-order chi connectivity index (χ0) is 14.7. The maximum absolute atomic E-state index is 4.53. The number of benzene rings is 1. The van der Waals surface area contributed by atoms with Crippen LogP contribution in [0.25, 0.3) is 0 Å². The summed E-state index contributed by atoms with van der Waals surface area (Å²) in [7, 11) is 7.99. The van der Waals surface area contributed by atoms with Gasteiger partial charge in [-0.2, -0.15) is 4.98 Å². The van der Waals surface area contributed by atoms with Crippen LogP contribution in [-0.2, 0) is 0 Å². The quantitative estimate of drug-likeness (QED) is 0.926. The van der Waals surface area contributed by atoms with E-state index < -0.39 is 0 Å². The van der Waals surface area contributed by atoms with Crippen molar-refractivity contribution in [2.24, 2.45) is 0 Å². The monoisotopic (exact) mass is 271 g/mol. The van der Waals surface area contributed by atoms with Crippen LogP contribution in [0, 0.1) is 6.92 Å². The summed E-state index contributed by atoms with van der Waals surface area (Å²) in [5.74, 6) is 1.53. The van der Waals surface area contributed by atoms with Crippen molar-refractivity contribution in [3.63, 3.8) is 0 Å². The highest BCUT2D eigenvalue weighted by molar-refractivity contribution is 5.62. The fourth-order valence-corrected chi connectivity index (χ4v) is 1.94. The maximum Gasteiger partial charge on any atom is 0.229 e. The molecule has 1 heterocycles. The van der Waals surface area contributed by atoms with Gasteiger partial charge in [-0.15, -0.1) is 0 Å². The van der Waals surface area contributed by atoms with E-state index in [0.717, 1.165) is 22.8 Å². The highest BCUT2D eigenvalue weighted by Crippen LogP contribution is 2.21. The predicted octanol–water partition coefficient (Wildman–Crippen LogP) is 2.66. The van der Waals surface area contributed by atoms with Crippen LogP contribution in [0.4, 0.5) is 23.1 Å². The number of nitrogens with one attached hydrogen (secondary N) is 1. The molecule has 2 aromatic rings. The Balaban J connectivity index is 2.26. The van der Waals surface area contributed by atoms with Gasteiger partial charge in [-0.1, -0.05) is 6.07 Å². The van der Waals surface area contributed by atoms with Gasteiger partial charge < -0.3 is 15.1 Å². The Hall–Kier alpha value is -2.30. The number of rotatable bonds is 4. The largest absolute Gasteiger partial charge is 0.378 e. The number of hydrogen-bond acceptors (Lipinski definition) is 5. The molecule has 2 rings (SSSR count). The van der Waals surface area contributed by atoms with Gasteiger partial charge >= 0.3 is 0 Å². The third kappa shape index (κ3) is 3.17. The number of anilines is 4. The van der Waals surface area contributed by atoms with Crippen molar-refractivity contribution >= 4 is 23.1 Å². The normalized spacial score (nSPS) is 10.2. The molecule has 0 spiro atoms. The second kappa shape index (κ2) is 5.77. The van der Waals surface area contributed by atoms with Gasteiger partial charge in [0.05, 0.1) is 0 Å². The number of aryl methyl sites for hydroxylation is 1. The lowest BCUT2D eigenvalue weighted by molar-refractivity contribution is 1.02. The van der Waals surface area contributed by atoms with Crippen molar-refractivity contribution in [1.82, 2.24) is 9.97 Å². The van der Waals surface area contributed by atoms with E-state index in [2.05, 4.69) is 32.3 Å². The van der Waals surface area contributed by atoms with Crippen LogP contribution in [0.1, 0.15) is 5.56 Å². The Morgan fingerprint density at radius 3 is 2.45 bits per heavy atom. The second-order valence-electron chi connectivity index (χ2n) is 5.16. The van der Waals surface area contributed by atoms with Crippen LogP contribution >= 0.6 is 0 Å². The average molecular weight is 271 g/mol. The fourth-order valence-electron chi connectivity index (χ4n) is 1.94. The standard InChI is InChI=1S/C15H21N5/c1-11-10-16-15(18-14(11)20(4)5)17-12-7-6-8-13(9-12)19(2)3/h6-10H,1-5H3,(H,16,17,18). The van der Waals surface area contributed by atoms with Gasteiger partial charge in [0.2, 0.25) is 5.95 Å². The Morgan fingerprint density at radius 2 is 1.80 bits per heavy atom. The number of aromatic nitrogens is 2. The van der Waals surface area contributed by atoms with Gasteiger partial charge in [-0.3, -0.25) is 0 Å². The van der Waals surface area contributed by atoms with Crippen LogP contribution in [0.5, 0.6) is 0 Å². The summed E-state index contributed by atoms with van der Waals surface area (Å²) in [6, 6.07) is 8.15. The molecule has 0 radical (unpaired) electrons. The summed E-state index contributed by atoms with van der Waals surface area (Å²) in [6.45, 7) is 2.01. The van der Waals surface area contributed by atoms with E-state index in [9.17, 15) is 0 Å². The van der Waals surface area contributed by atoms with E-state index in [0.29, 0.717) is 5.95 Å². The lowest BCUT2D eigenvalue weighted by Gasteiger charge is -2.16. The summed E-state index contributed by atoms with van der Waals surface area (Å²) < 4.78 is 0. The van der Waals surface area contributed by atoms with Gasteiger partial charge in [-0.25, -0.2) is 4.98 Å². The minimum absolute atomic E-state index is 0.607. The van der Waals surface area contributed by atoms with Gasteiger partial charge in [0.15, 0.2) is 0 Å². The minimum atomic E-state index is 0.607. The summed E-state index contributed by atoms with van der Waals surface area (Å²) >= 11 is 0. The zero-order valence-electron chi connectivity index (χ0n) is 12.7. The first-order chi connectivity index (χ1) is 9.47. The Morgan fingerprint density at radius 1 is 1.05 bits per heavy atom. The van der Waals surface area contributed by atoms with Crippen LogP contribution < -0.4 is 15.1 Å². The topological polar surface area (TPSA) is 44.3 Å². The van der Waals surface area contributed by atoms with E-state index in [1.807, 2.05) is 58.3 Å². The Bertz CT molecular complexity index is 593. The third-order valence-corrected chi connectivity index (χ3v) is 2.99. The average Bonchev–Trinajstić information content (AvgIpc) is 2.41. The molecular formula is C15H21N5. The van der Waals surface area contributed by atoms with Crippen molar-refractivity contribution in [2.75, 3.05) is 43.3 Å². The van der Waals surface area contributed by atoms with Gasteiger partial charge in [0.25, 0.3) is 0 Å². The van der Waals surface area contributed by atoms with E-state index in [1.54, 1.807) is 0 Å². The Labute approximate surface area is 120 Å². The summed E-state index contributed by atoms with van der Waals surface area (Å²) in [5.41, 5.74) is 3.17. The van der Waals surface area contributed by atoms with Crippen molar-refractivity contribution in [3.8, 4) is 0 Å². The molecule has 0 unspecified atom stereocenters. The van der Waals surface area contributed by atoms with Crippen LogP contribution in [0.3, 0.4) is 0 Å². The molecule has 1 N–H and O–H groups in total. The van der Waals surface area contributed by atoms with Crippen LogP contribution in [-0.4, -0.2) is 38.2 Å². The highest BCUT2D eigenvalue weighted by Gasteiger charge is 2.06. The lowest BCUT2D eigenvalue weighted by Crippen LogP contribution is -2.14. The zero-order valence-corrected chi connectivity index (χ0v) is 12.7. The summed E-state index contributed by atoms with van der Waals surface area (Å²) in [4.78, 5) is 12.9. The first kappa shape index (κ1) is 14.1. The molecule has 20 heavy (non-hydrogen) atoms. The molecule has 1 aromatic carbocycles. The van der Waals surface area contributed by atoms with Crippen LogP contribution in [0.15, 0.2) is 30.5 Å². The van der Waals surface area contributed by atoms with E-state index >= 15 is 0 Å². The van der Waals surface area contributed by atoms with Crippen molar-refractivity contribution in [2.45, 2.75) is 6.92 Å². The minimum Gasteiger partial charge on any atom is -0.378 e. The van der Waals surface area contributed by atoms with Gasteiger partial charge in [0, 0.05) is 51.3 Å². The number of hydrogen-bond donors (Lipinski definition) is 1. The molecule has 106 valence electrons. The predicted molar refractivity (Wildman–Crippen MR) is 85.1 cm³/mol. The highest BCUT2D eigenvalue weighted by atomic mass is 15.2. The molecular weight excluding hydrogens is 250 g/mol. The summed E-state index contributed by atoms with van der Waals surface area (Å²) in [6.07, 6.45) is 1.83. The molecule has 0 amide bonds. The fraction of sp³-hybridized carbons (Fsp3) is 0.333. The molecule has 0 fully saturated rings. The first-order valence-electron chi connectivity index (χ1n) is 6.53. The van der Waals surface area contributed by atoms with Crippen LogP contribution in [0.2, 0.25) is 0 Å². The molecule has 5 heteroatoms. The van der Waals surface area contributed by atoms with E-state index in [-0.39, 0.29) is 0 Å². The molecule has 0 saturated heterocycles. The van der Waals surface area contributed by atoms with E-state index in [1.165, 1.54) is 0 Å². The maximum atomic E-state index is 4.53. The molecule has 0 saturated carbocycles. The molecule has 5 nitrogen and oxygen atoms in total. The summed E-state index contributed by atoms with van der Waals surface area (Å²) in [5, 5.41) is 3.25. The van der Waals surface area contributed by atoms with E-state index in [4.69, 9.17) is 0 Å².